The van der Waals surface area contributed by atoms with Gasteiger partial charge in [0.2, 0.25) is 5.91 Å². The SMILES string of the molecule is Cc1ccc(CN(C)C(=O)C2CCNC2)o1.Cl. The summed E-state index contributed by atoms with van der Waals surface area (Å²) in [5, 5.41) is 3.21. The smallest absolute Gasteiger partial charge is 0.227 e. The number of carbonyl (C=O) groups excluding carboxylic acids is 1. The highest BCUT2D eigenvalue weighted by atomic mass is 35.5. The molecular weight excluding hydrogens is 240 g/mol. The molecule has 0 bridgehead atoms. The van der Waals surface area contributed by atoms with Crippen LogP contribution in [0.25, 0.3) is 0 Å². The fourth-order valence-corrected chi connectivity index (χ4v) is 2.06. The van der Waals surface area contributed by atoms with Crippen LogP contribution in [0.15, 0.2) is 16.5 Å². The second kappa shape index (κ2) is 6.07. The number of hydrogen-bond acceptors (Lipinski definition) is 3. The maximum absolute atomic E-state index is 12.0. The van der Waals surface area contributed by atoms with Gasteiger partial charge in [0.1, 0.15) is 11.5 Å². The van der Waals surface area contributed by atoms with Gasteiger partial charge in [-0.3, -0.25) is 4.79 Å². The van der Waals surface area contributed by atoms with Crippen molar-refractivity contribution in [3.63, 3.8) is 0 Å². The summed E-state index contributed by atoms with van der Waals surface area (Å²) in [5.74, 6) is 2.08. The zero-order chi connectivity index (χ0) is 11.5. The molecule has 4 nitrogen and oxygen atoms in total. The van der Waals surface area contributed by atoms with Gasteiger partial charge >= 0.3 is 0 Å². The van der Waals surface area contributed by atoms with E-state index in [1.54, 1.807) is 4.90 Å². The van der Waals surface area contributed by atoms with Crippen LogP contribution in [-0.4, -0.2) is 30.9 Å². The predicted molar refractivity (Wildman–Crippen MR) is 68.1 cm³/mol. The van der Waals surface area contributed by atoms with E-state index in [2.05, 4.69) is 5.32 Å². The van der Waals surface area contributed by atoms with Crippen LogP contribution in [0.4, 0.5) is 0 Å². The number of hydrogen-bond donors (Lipinski definition) is 1. The monoisotopic (exact) mass is 258 g/mol. The van der Waals surface area contributed by atoms with Gasteiger partial charge in [0.15, 0.2) is 0 Å². The molecule has 1 amide bonds. The molecule has 1 saturated heterocycles. The van der Waals surface area contributed by atoms with E-state index in [0.717, 1.165) is 31.0 Å². The first kappa shape index (κ1) is 14.1. The van der Waals surface area contributed by atoms with E-state index in [1.165, 1.54) is 0 Å². The Morgan fingerprint density at radius 1 is 1.59 bits per heavy atom. The van der Waals surface area contributed by atoms with Crippen molar-refractivity contribution in [2.45, 2.75) is 19.9 Å². The van der Waals surface area contributed by atoms with E-state index in [0.29, 0.717) is 6.54 Å². The van der Waals surface area contributed by atoms with Crippen LogP contribution >= 0.6 is 12.4 Å². The average molecular weight is 259 g/mol. The average Bonchev–Trinajstić information content (AvgIpc) is 2.88. The van der Waals surface area contributed by atoms with Gasteiger partial charge < -0.3 is 14.6 Å². The van der Waals surface area contributed by atoms with Crippen LogP contribution < -0.4 is 5.32 Å². The Hall–Kier alpha value is -1.00. The molecule has 2 rings (SSSR count). The highest BCUT2D eigenvalue weighted by molar-refractivity contribution is 5.85. The summed E-state index contributed by atoms with van der Waals surface area (Å²) >= 11 is 0. The molecule has 17 heavy (non-hydrogen) atoms. The van der Waals surface area contributed by atoms with Gasteiger partial charge in [-0.15, -0.1) is 12.4 Å². The van der Waals surface area contributed by atoms with Crippen LogP contribution in [0.5, 0.6) is 0 Å². The van der Waals surface area contributed by atoms with Crippen LogP contribution in [0, 0.1) is 12.8 Å². The molecule has 1 aliphatic rings. The van der Waals surface area contributed by atoms with Crippen molar-refractivity contribution in [2.24, 2.45) is 5.92 Å². The van der Waals surface area contributed by atoms with E-state index >= 15 is 0 Å². The Labute approximate surface area is 108 Å². The number of rotatable bonds is 3. The number of amides is 1. The number of nitrogens with one attached hydrogen (secondary N) is 1. The van der Waals surface area contributed by atoms with E-state index in [9.17, 15) is 4.79 Å². The number of halogens is 1. The summed E-state index contributed by atoms with van der Waals surface area (Å²) in [6, 6.07) is 3.84. The fraction of sp³-hybridized carbons (Fsp3) is 0.583. The van der Waals surface area contributed by atoms with E-state index in [1.807, 2.05) is 26.1 Å². The van der Waals surface area contributed by atoms with Crippen molar-refractivity contribution in [1.29, 1.82) is 0 Å². The van der Waals surface area contributed by atoms with Crippen molar-refractivity contribution >= 4 is 18.3 Å². The molecule has 2 heterocycles. The first-order chi connectivity index (χ1) is 7.66. The van der Waals surface area contributed by atoms with Crippen molar-refractivity contribution in [2.75, 3.05) is 20.1 Å². The summed E-state index contributed by atoms with van der Waals surface area (Å²) in [4.78, 5) is 13.7. The third-order valence-electron chi connectivity index (χ3n) is 2.97. The molecule has 0 radical (unpaired) electrons. The van der Waals surface area contributed by atoms with Gasteiger partial charge in [-0.2, -0.15) is 0 Å². The maximum Gasteiger partial charge on any atom is 0.227 e. The standard InChI is InChI=1S/C12H18N2O2.ClH/c1-9-3-4-11(16-9)8-14(2)12(15)10-5-6-13-7-10;/h3-4,10,13H,5-8H2,1-2H3;1H. The van der Waals surface area contributed by atoms with E-state index in [4.69, 9.17) is 4.42 Å². The Morgan fingerprint density at radius 3 is 2.88 bits per heavy atom. The van der Waals surface area contributed by atoms with Crippen LogP contribution in [0.2, 0.25) is 0 Å². The molecule has 5 heteroatoms. The molecule has 1 fully saturated rings. The van der Waals surface area contributed by atoms with Crippen LogP contribution in [0.3, 0.4) is 0 Å². The Kier molecular flexibility index (Phi) is 5.02. The number of furan rings is 1. The first-order valence-corrected chi connectivity index (χ1v) is 5.68. The van der Waals surface area contributed by atoms with Gasteiger partial charge in [0, 0.05) is 13.6 Å². The lowest BCUT2D eigenvalue weighted by Gasteiger charge is -2.19. The molecule has 1 atom stereocenters. The Bertz CT molecular complexity index is 372. The molecule has 0 saturated carbocycles. The quantitative estimate of drug-likeness (QED) is 0.895. The van der Waals surface area contributed by atoms with Crippen molar-refractivity contribution in [3.8, 4) is 0 Å². The highest BCUT2D eigenvalue weighted by Crippen LogP contribution is 2.14. The normalized spacial score (nSPS) is 18.8. The minimum atomic E-state index is 0. The molecule has 0 spiro atoms. The van der Waals surface area contributed by atoms with Crippen LogP contribution in [-0.2, 0) is 11.3 Å². The van der Waals surface area contributed by atoms with Gasteiger partial charge in [-0.1, -0.05) is 0 Å². The minimum absolute atomic E-state index is 0. The summed E-state index contributed by atoms with van der Waals surface area (Å²) in [5.41, 5.74) is 0. The van der Waals surface area contributed by atoms with Crippen molar-refractivity contribution in [1.82, 2.24) is 10.2 Å². The first-order valence-electron chi connectivity index (χ1n) is 5.68. The molecule has 0 aliphatic carbocycles. The summed E-state index contributed by atoms with van der Waals surface area (Å²) in [7, 11) is 1.83. The molecule has 1 unspecified atom stereocenters. The van der Waals surface area contributed by atoms with Gasteiger partial charge in [-0.25, -0.2) is 0 Å². The van der Waals surface area contributed by atoms with Crippen molar-refractivity contribution < 1.29 is 9.21 Å². The summed E-state index contributed by atoms with van der Waals surface area (Å²) < 4.78 is 5.46. The summed E-state index contributed by atoms with van der Waals surface area (Å²) in [6.07, 6.45) is 0.945. The van der Waals surface area contributed by atoms with Gasteiger partial charge in [0.25, 0.3) is 0 Å². The second-order valence-electron chi connectivity index (χ2n) is 4.40. The van der Waals surface area contributed by atoms with Gasteiger partial charge in [-0.05, 0) is 32.0 Å². The molecule has 1 aromatic rings. The Morgan fingerprint density at radius 2 is 2.35 bits per heavy atom. The molecule has 96 valence electrons. The topological polar surface area (TPSA) is 45.5 Å². The molecule has 1 N–H and O–H groups in total. The lowest BCUT2D eigenvalue weighted by Crippen LogP contribution is -2.33. The van der Waals surface area contributed by atoms with Crippen LogP contribution in [0.1, 0.15) is 17.9 Å². The summed E-state index contributed by atoms with van der Waals surface area (Å²) in [6.45, 7) is 4.22. The minimum Gasteiger partial charge on any atom is -0.464 e. The molecule has 1 aliphatic heterocycles. The molecule has 0 aromatic carbocycles. The fourth-order valence-electron chi connectivity index (χ4n) is 2.06. The van der Waals surface area contributed by atoms with Gasteiger partial charge in [0.05, 0.1) is 12.5 Å². The highest BCUT2D eigenvalue weighted by Gasteiger charge is 2.25. The predicted octanol–water partition coefficient (Wildman–Crippen LogP) is 1.58. The lowest BCUT2D eigenvalue weighted by atomic mass is 10.1. The number of aryl methyl sites for hydroxylation is 1. The van der Waals surface area contributed by atoms with Crippen molar-refractivity contribution in [3.05, 3.63) is 23.7 Å². The lowest BCUT2D eigenvalue weighted by molar-refractivity contribution is -0.134. The number of carbonyl (C=O) groups is 1. The second-order valence-corrected chi connectivity index (χ2v) is 4.40. The maximum atomic E-state index is 12.0. The third-order valence-corrected chi connectivity index (χ3v) is 2.97. The zero-order valence-electron chi connectivity index (χ0n) is 10.2. The Balaban J connectivity index is 0.00000144. The largest absolute Gasteiger partial charge is 0.464 e. The number of nitrogens with zero attached hydrogens (tertiary/aromatic N) is 1. The van der Waals surface area contributed by atoms with E-state index in [-0.39, 0.29) is 24.2 Å². The molecule has 1 aromatic heterocycles. The van der Waals surface area contributed by atoms with E-state index < -0.39 is 0 Å². The zero-order valence-corrected chi connectivity index (χ0v) is 11.0. The third kappa shape index (κ3) is 3.48. The molecular formula is C12H19ClN2O2.